The molecule has 0 saturated heterocycles. The normalized spacial score (nSPS) is 12.5. The smallest absolute Gasteiger partial charge is 0.304 e. The second-order valence-corrected chi connectivity index (χ2v) is 4.45. The van der Waals surface area contributed by atoms with Gasteiger partial charge in [-0.1, -0.05) is 18.2 Å². The number of H-pyrrole nitrogens is 1. The van der Waals surface area contributed by atoms with Gasteiger partial charge in [-0.25, -0.2) is 0 Å². The van der Waals surface area contributed by atoms with E-state index in [1.54, 1.807) is 11.9 Å². The fraction of sp³-hybridized carbons (Fsp3) is 0.286. The van der Waals surface area contributed by atoms with E-state index in [0.29, 0.717) is 6.54 Å². The largest absolute Gasteiger partial charge is 0.481 e. The zero-order chi connectivity index (χ0) is 13.8. The minimum Gasteiger partial charge on any atom is -0.481 e. The van der Waals surface area contributed by atoms with Gasteiger partial charge in [-0.2, -0.15) is 5.26 Å². The van der Waals surface area contributed by atoms with Crippen molar-refractivity contribution in [1.82, 2.24) is 9.88 Å². The number of fused-ring (bicyclic) bond motifs is 1. The first-order valence-corrected chi connectivity index (χ1v) is 6.01. The predicted molar refractivity (Wildman–Crippen MR) is 71.5 cm³/mol. The molecular weight excluding hydrogens is 242 g/mol. The summed E-state index contributed by atoms with van der Waals surface area (Å²) in [4.78, 5) is 15.5. The fourth-order valence-electron chi connectivity index (χ4n) is 2.13. The molecule has 0 radical (unpaired) electrons. The van der Waals surface area contributed by atoms with Crippen LogP contribution >= 0.6 is 0 Å². The molecule has 2 N–H and O–H groups in total. The first-order chi connectivity index (χ1) is 9.13. The van der Waals surface area contributed by atoms with E-state index in [0.717, 1.165) is 16.5 Å². The van der Waals surface area contributed by atoms with Gasteiger partial charge in [-0.05, 0) is 13.1 Å². The lowest BCUT2D eigenvalue weighted by molar-refractivity contribution is -0.137. The number of aliphatic carboxylic acids is 1. The Morgan fingerprint density at radius 1 is 1.53 bits per heavy atom. The van der Waals surface area contributed by atoms with Crippen molar-refractivity contribution in [3.05, 3.63) is 36.0 Å². The zero-order valence-electron chi connectivity index (χ0n) is 10.6. The lowest BCUT2D eigenvalue weighted by Crippen LogP contribution is -2.26. The molecule has 98 valence electrons. The highest BCUT2D eigenvalue weighted by molar-refractivity contribution is 5.83. The van der Waals surface area contributed by atoms with Gasteiger partial charge in [0, 0.05) is 29.2 Å². The zero-order valence-corrected chi connectivity index (χ0v) is 10.6. The van der Waals surface area contributed by atoms with Gasteiger partial charge in [0.25, 0.3) is 0 Å². The van der Waals surface area contributed by atoms with Crippen molar-refractivity contribution in [3.63, 3.8) is 0 Å². The molecule has 0 saturated carbocycles. The molecule has 0 aliphatic carbocycles. The molecule has 2 rings (SSSR count). The van der Waals surface area contributed by atoms with E-state index in [2.05, 4.69) is 11.1 Å². The minimum absolute atomic E-state index is 0.0248. The van der Waals surface area contributed by atoms with Crippen LogP contribution in [0.3, 0.4) is 0 Å². The summed E-state index contributed by atoms with van der Waals surface area (Å²) < 4.78 is 0. The van der Waals surface area contributed by atoms with Gasteiger partial charge in [-0.15, -0.1) is 0 Å². The number of hydrogen-bond acceptors (Lipinski definition) is 3. The third-order valence-corrected chi connectivity index (χ3v) is 3.16. The topological polar surface area (TPSA) is 80.1 Å². The maximum atomic E-state index is 10.6. The highest BCUT2D eigenvalue weighted by Gasteiger charge is 2.20. The fourth-order valence-corrected chi connectivity index (χ4v) is 2.13. The molecule has 1 aromatic heterocycles. The molecule has 1 aromatic carbocycles. The highest BCUT2D eigenvalue weighted by atomic mass is 16.4. The third kappa shape index (κ3) is 2.75. The molecule has 0 amide bonds. The van der Waals surface area contributed by atoms with Crippen LogP contribution in [0.1, 0.15) is 18.0 Å². The number of benzene rings is 1. The van der Waals surface area contributed by atoms with Crippen LogP contribution in [0.2, 0.25) is 0 Å². The van der Waals surface area contributed by atoms with Gasteiger partial charge in [0.2, 0.25) is 0 Å². The maximum Gasteiger partial charge on any atom is 0.304 e. The SMILES string of the molecule is CN(CCC(=O)O)C(C#N)c1c[nH]c2ccccc12. The maximum absolute atomic E-state index is 10.6. The number of carbonyl (C=O) groups is 1. The Hall–Kier alpha value is -2.32. The molecule has 1 atom stereocenters. The van der Waals surface area contributed by atoms with Crippen molar-refractivity contribution in [2.45, 2.75) is 12.5 Å². The molecule has 0 fully saturated rings. The summed E-state index contributed by atoms with van der Waals surface area (Å²) in [6.45, 7) is 0.340. The summed E-state index contributed by atoms with van der Waals surface area (Å²) in [5.41, 5.74) is 1.86. The van der Waals surface area contributed by atoms with Gasteiger partial charge < -0.3 is 10.1 Å². The Labute approximate surface area is 111 Å². The summed E-state index contributed by atoms with van der Waals surface area (Å²) >= 11 is 0. The predicted octanol–water partition coefficient (Wildman–Crippen LogP) is 2.14. The molecule has 0 aliphatic rings. The van der Waals surface area contributed by atoms with Crippen molar-refractivity contribution < 1.29 is 9.90 Å². The van der Waals surface area contributed by atoms with Crippen molar-refractivity contribution in [1.29, 1.82) is 5.26 Å². The number of rotatable bonds is 5. The van der Waals surface area contributed by atoms with Crippen LogP contribution in [0.15, 0.2) is 30.5 Å². The number of carboxylic acid groups (broad SMARTS) is 1. The van der Waals surface area contributed by atoms with Crippen LogP contribution in [-0.2, 0) is 4.79 Å². The minimum atomic E-state index is -0.859. The lowest BCUT2D eigenvalue weighted by Gasteiger charge is -2.21. The second-order valence-electron chi connectivity index (χ2n) is 4.45. The summed E-state index contributed by atoms with van der Waals surface area (Å²) in [5.74, 6) is -0.859. The van der Waals surface area contributed by atoms with Gasteiger partial charge in [0.1, 0.15) is 6.04 Å². The van der Waals surface area contributed by atoms with Gasteiger partial charge in [-0.3, -0.25) is 9.69 Å². The van der Waals surface area contributed by atoms with Crippen LogP contribution in [0.25, 0.3) is 10.9 Å². The molecule has 1 heterocycles. The van der Waals surface area contributed by atoms with Crippen LogP contribution in [0.5, 0.6) is 0 Å². The van der Waals surface area contributed by atoms with Gasteiger partial charge in [0.15, 0.2) is 0 Å². The number of nitriles is 1. The van der Waals surface area contributed by atoms with E-state index in [1.165, 1.54) is 0 Å². The monoisotopic (exact) mass is 257 g/mol. The second kappa shape index (κ2) is 5.55. The summed E-state index contributed by atoms with van der Waals surface area (Å²) in [6, 6.07) is 9.54. The first kappa shape index (κ1) is 13.1. The van der Waals surface area contributed by atoms with E-state index in [1.807, 2.05) is 30.5 Å². The number of aromatic nitrogens is 1. The number of carboxylic acids is 1. The Bertz CT molecular complexity index is 627. The Morgan fingerprint density at radius 3 is 2.95 bits per heavy atom. The standard InChI is InChI=1S/C14H15N3O2/c1-17(7-6-14(18)19)13(8-15)11-9-16-12-5-3-2-4-10(11)12/h2-5,9,13,16H,6-7H2,1H3,(H,18,19). The Morgan fingerprint density at radius 2 is 2.26 bits per heavy atom. The number of nitrogens with zero attached hydrogens (tertiary/aromatic N) is 2. The quantitative estimate of drug-likeness (QED) is 0.860. The third-order valence-electron chi connectivity index (χ3n) is 3.16. The van der Waals surface area contributed by atoms with Crippen molar-refractivity contribution >= 4 is 16.9 Å². The van der Waals surface area contributed by atoms with E-state index in [-0.39, 0.29) is 6.42 Å². The number of para-hydroxylation sites is 1. The molecule has 0 spiro atoms. The summed E-state index contributed by atoms with van der Waals surface area (Å²) in [6.07, 6.45) is 1.84. The highest BCUT2D eigenvalue weighted by Crippen LogP contribution is 2.27. The van der Waals surface area contributed by atoms with Crippen molar-refractivity contribution in [2.24, 2.45) is 0 Å². The van der Waals surface area contributed by atoms with Crippen LogP contribution < -0.4 is 0 Å². The van der Waals surface area contributed by atoms with E-state index in [4.69, 9.17) is 5.11 Å². The van der Waals surface area contributed by atoms with E-state index in [9.17, 15) is 10.1 Å². The van der Waals surface area contributed by atoms with Crippen LogP contribution in [-0.4, -0.2) is 34.6 Å². The molecule has 1 unspecified atom stereocenters. The molecule has 2 aromatic rings. The average Bonchev–Trinajstić information content (AvgIpc) is 2.81. The van der Waals surface area contributed by atoms with E-state index < -0.39 is 12.0 Å². The van der Waals surface area contributed by atoms with Crippen molar-refractivity contribution in [3.8, 4) is 6.07 Å². The molecule has 0 aliphatic heterocycles. The van der Waals surface area contributed by atoms with Crippen LogP contribution in [0, 0.1) is 11.3 Å². The Balaban J connectivity index is 2.27. The Kier molecular flexibility index (Phi) is 3.83. The molecular formula is C14H15N3O2. The molecule has 0 bridgehead atoms. The molecule has 19 heavy (non-hydrogen) atoms. The molecule has 5 nitrogen and oxygen atoms in total. The number of aromatic amines is 1. The van der Waals surface area contributed by atoms with Crippen molar-refractivity contribution in [2.75, 3.05) is 13.6 Å². The summed E-state index contributed by atoms with van der Waals surface area (Å²) in [5, 5.41) is 19.0. The van der Waals surface area contributed by atoms with E-state index >= 15 is 0 Å². The summed E-state index contributed by atoms with van der Waals surface area (Å²) in [7, 11) is 1.76. The molecule has 5 heteroatoms. The lowest BCUT2D eigenvalue weighted by atomic mass is 10.1. The van der Waals surface area contributed by atoms with Gasteiger partial charge in [0.05, 0.1) is 12.5 Å². The number of nitrogens with one attached hydrogen (secondary N) is 1. The van der Waals surface area contributed by atoms with Crippen LogP contribution in [0.4, 0.5) is 0 Å². The first-order valence-electron chi connectivity index (χ1n) is 6.01. The average molecular weight is 257 g/mol. The number of hydrogen-bond donors (Lipinski definition) is 2. The van der Waals surface area contributed by atoms with Gasteiger partial charge >= 0.3 is 5.97 Å².